The summed E-state index contributed by atoms with van der Waals surface area (Å²) in [6.07, 6.45) is 1.84. The quantitative estimate of drug-likeness (QED) is 0.875. The fourth-order valence-electron chi connectivity index (χ4n) is 2.51. The molecule has 2 rings (SSSR count). The Morgan fingerprint density at radius 2 is 2.20 bits per heavy atom. The molecule has 8 heteroatoms. The van der Waals surface area contributed by atoms with Crippen molar-refractivity contribution in [1.29, 1.82) is 5.26 Å². The minimum atomic E-state index is -0.545. The van der Waals surface area contributed by atoms with Crippen molar-refractivity contribution < 1.29 is 18.8 Å². The Morgan fingerprint density at radius 1 is 1.52 bits per heavy atom. The van der Waals surface area contributed by atoms with Gasteiger partial charge < -0.3 is 19.5 Å². The maximum Gasteiger partial charge on any atom is 0.410 e. The summed E-state index contributed by atoms with van der Waals surface area (Å²) >= 11 is 0. The number of aromatic nitrogens is 1. The highest BCUT2D eigenvalue weighted by Gasteiger charge is 2.38. The molecule has 1 atom stereocenters. The second-order valence-corrected chi connectivity index (χ2v) is 7.14. The van der Waals surface area contributed by atoms with Crippen LogP contribution in [0.25, 0.3) is 0 Å². The van der Waals surface area contributed by atoms with Gasteiger partial charge in [0.1, 0.15) is 23.1 Å². The van der Waals surface area contributed by atoms with Crippen molar-refractivity contribution in [3.8, 4) is 6.07 Å². The molecule has 0 radical (unpaired) electrons. The van der Waals surface area contributed by atoms with E-state index in [1.165, 1.54) is 6.26 Å². The van der Waals surface area contributed by atoms with Crippen molar-refractivity contribution in [3.05, 3.63) is 17.5 Å². The second-order valence-electron chi connectivity index (χ2n) is 7.14. The van der Waals surface area contributed by atoms with Gasteiger partial charge in [0.15, 0.2) is 0 Å². The minimum Gasteiger partial charge on any atom is -0.444 e. The van der Waals surface area contributed by atoms with Crippen molar-refractivity contribution in [2.75, 3.05) is 13.1 Å². The summed E-state index contributed by atoms with van der Waals surface area (Å²) in [5.41, 5.74) is 0.339. The van der Waals surface area contributed by atoms with Crippen LogP contribution in [0, 0.1) is 11.3 Å². The van der Waals surface area contributed by atoms with E-state index in [0.29, 0.717) is 30.8 Å². The second kappa shape index (κ2) is 7.55. The van der Waals surface area contributed by atoms with Crippen LogP contribution in [0.2, 0.25) is 0 Å². The Kier molecular flexibility index (Phi) is 5.67. The van der Waals surface area contributed by atoms with E-state index in [2.05, 4.69) is 16.5 Å². The molecular weight excluding hydrogens is 324 g/mol. The van der Waals surface area contributed by atoms with Gasteiger partial charge in [-0.3, -0.25) is 4.79 Å². The zero-order valence-electron chi connectivity index (χ0n) is 15.0. The fourth-order valence-corrected chi connectivity index (χ4v) is 2.51. The van der Waals surface area contributed by atoms with Crippen LogP contribution in [-0.2, 0) is 4.74 Å². The van der Waals surface area contributed by atoms with Gasteiger partial charge in [0, 0.05) is 25.0 Å². The first kappa shape index (κ1) is 18.8. The molecule has 0 bridgehead atoms. The van der Waals surface area contributed by atoms with Gasteiger partial charge in [-0.05, 0) is 27.2 Å². The molecule has 0 spiro atoms. The minimum absolute atomic E-state index is 0.0666. The lowest BCUT2D eigenvalue weighted by Crippen LogP contribution is -2.50. The lowest BCUT2D eigenvalue weighted by molar-refractivity contribution is 0.00760. The Balaban J connectivity index is 1.96. The van der Waals surface area contributed by atoms with Gasteiger partial charge >= 0.3 is 6.09 Å². The number of nitriles is 1. The summed E-state index contributed by atoms with van der Waals surface area (Å²) in [6, 6.07) is 1.85. The molecule has 8 nitrogen and oxygen atoms in total. The number of rotatable bonds is 5. The summed E-state index contributed by atoms with van der Waals surface area (Å²) in [5.74, 6) is -0.378. The Labute approximate surface area is 147 Å². The van der Waals surface area contributed by atoms with Crippen molar-refractivity contribution in [2.24, 2.45) is 0 Å². The summed E-state index contributed by atoms with van der Waals surface area (Å²) < 4.78 is 10.3. The van der Waals surface area contributed by atoms with Gasteiger partial charge in [-0.25, -0.2) is 4.79 Å². The molecule has 0 aliphatic carbocycles. The van der Waals surface area contributed by atoms with Gasteiger partial charge in [-0.1, -0.05) is 12.1 Å². The van der Waals surface area contributed by atoms with Crippen LogP contribution >= 0.6 is 0 Å². The fraction of sp³-hybridized carbons (Fsp3) is 0.647. The summed E-state index contributed by atoms with van der Waals surface area (Å²) in [5, 5.41) is 15.5. The smallest absolute Gasteiger partial charge is 0.410 e. The highest BCUT2D eigenvalue weighted by molar-refractivity contribution is 5.95. The summed E-state index contributed by atoms with van der Waals surface area (Å²) in [4.78, 5) is 25.9. The SMILES string of the molecule is CCC(CC#N)NC(=O)c1conc1C1CN(C(=O)OC(C)(C)C)C1. The average Bonchev–Trinajstić information content (AvgIpc) is 2.92. The number of ether oxygens (including phenoxy) is 1. The number of nitrogens with one attached hydrogen (secondary N) is 1. The Morgan fingerprint density at radius 3 is 2.76 bits per heavy atom. The van der Waals surface area contributed by atoms with Crippen molar-refractivity contribution >= 4 is 12.0 Å². The molecule has 1 fully saturated rings. The van der Waals surface area contributed by atoms with E-state index in [1.807, 2.05) is 27.7 Å². The van der Waals surface area contributed by atoms with Crippen LogP contribution in [0.3, 0.4) is 0 Å². The van der Waals surface area contributed by atoms with Gasteiger partial charge in [0.05, 0.1) is 12.5 Å². The number of nitrogens with zero attached hydrogens (tertiary/aromatic N) is 3. The standard InChI is InChI=1S/C17H24N4O4/c1-5-12(6-7-18)19-15(22)13-10-24-20-14(13)11-8-21(9-11)16(23)25-17(2,3)4/h10-12H,5-6,8-9H2,1-4H3,(H,19,22). The van der Waals surface area contributed by atoms with E-state index in [4.69, 9.17) is 14.5 Å². The predicted octanol–water partition coefficient (Wildman–Crippen LogP) is 2.43. The zero-order chi connectivity index (χ0) is 18.6. The molecule has 0 aromatic carbocycles. The lowest BCUT2D eigenvalue weighted by Gasteiger charge is -2.39. The molecule has 2 heterocycles. The van der Waals surface area contributed by atoms with Gasteiger partial charge in [0.2, 0.25) is 0 Å². The van der Waals surface area contributed by atoms with Crippen LogP contribution < -0.4 is 5.32 Å². The maximum atomic E-state index is 12.4. The molecule has 1 aliphatic heterocycles. The highest BCUT2D eigenvalue weighted by Crippen LogP contribution is 2.29. The molecule has 1 aliphatic rings. The largest absolute Gasteiger partial charge is 0.444 e. The molecule has 1 aromatic heterocycles. The molecule has 0 saturated carbocycles. The Hall–Kier alpha value is -2.56. The normalized spacial score (nSPS) is 15.9. The predicted molar refractivity (Wildman–Crippen MR) is 88.8 cm³/mol. The molecular formula is C17H24N4O4. The van der Waals surface area contributed by atoms with E-state index >= 15 is 0 Å². The molecule has 1 N–H and O–H groups in total. The van der Waals surface area contributed by atoms with Crippen LogP contribution in [0.5, 0.6) is 0 Å². The van der Waals surface area contributed by atoms with E-state index in [0.717, 1.165) is 0 Å². The third kappa shape index (κ3) is 4.72. The molecule has 1 aromatic rings. The summed E-state index contributed by atoms with van der Waals surface area (Å²) in [7, 11) is 0. The average molecular weight is 348 g/mol. The number of hydrogen-bond donors (Lipinski definition) is 1. The molecule has 25 heavy (non-hydrogen) atoms. The van der Waals surface area contributed by atoms with Gasteiger partial charge in [-0.15, -0.1) is 0 Å². The third-order valence-corrected chi connectivity index (χ3v) is 3.93. The van der Waals surface area contributed by atoms with E-state index in [1.54, 1.807) is 4.90 Å². The highest BCUT2D eigenvalue weighted by atomic mass is 16.6. The molecule has 2 amide bonds. The van der Waals surface area contributed by atoms with Crippen molar-refractivity contribution in [3.63, 3.8) is 0 Å². The first-order valence-electron chi connectivity index (χ1n) is 8.35. The first-order chi connectivity index (χ1) is 11.7. The number of hydrogen-bond acceptors (Lipinski definition) is 6. The van der Waals surface area contributed by atoms with Crippen LogP contribution in [0.1, 0.15) is 62.5 Å². The monoisotopic (exact) mass is 348 g/mol. The van der Waals surface area contributed by atoms with Crippen LogP contribution in [-0.4, -0.2) is 46.8 Å². The van der Waals surface area contributed by atoms with Crippen molar-refractivity contribution in [1.82, 2.24) is 15.4 Å². The number of carbonyl (C=O) groups excluding carboxylic acids is 2. The van der Waals surface area contributed by atoms with Crippen LogP contribution in [0.15, 0.2) is 10.8 Å². The zero-order valence-corrected chi connectivity index (χ0v) is 15.0. The maximum absolute atomic E-state index is 12.4. The number of amides is 2. The van der Waals surface area contributed by atoms with Gasteiger partial charge in [-0.2, -0.15) is 5.26 Å². The molecule has 1 saturated heterocycles. The van der Waals surface area contributed by atoms with E-state index in [9.17, 15) is 9.59 Å². The first-order valence-corrected chi connectivity index (χ1v) is 8.35. The lowest BCUT2D eigenvalue weighted by atomic mass is 9.93. The number of carbonyl (C=O) groups is 2. The number of likely N-dealkylation sites (tertiary alicyclic amines) is 1. The Bertz CT molecular complexity index is 665. The summed E-state index contributed by atoms with van der Waals surface area (Å²) in [6.45, 7) is 8.20. The van der Waals surface area contributed by atoms with E-state index < -0.39 is 5.60 Å². The molecule has 136 valence electrons. The van der Waals surface area contributed by atoms with E-state index in [-0.39, 0.29) is 30.4 Å². The van der Waals surface area contributed by atoms with Crippen LogP contribution in [0.4, 0.5) is 4.79 Å². The topological polar surface area (TPSA) is 108 Å². The van der Waals surface area contributed by atoms with Gasteiger partial charge in [0.25, 0.3) is 5.91 Å². The van der Waals surface area contributed by atoms with Crippen molar-refractivity contribution in [2.45, 2.75) is 58.1 Å². The molecule has 1 unspecified atom stereocenters. The third-order valence-electron chi connectivity index (χ3n) is 3.93.